The smallest absolute Gasteiger partial charge is 0.410 e. The summed E-state index contributed by atoms with van der Waals surface area (Å²) in [5.41, 5.74) is 0.746. The maximum Gasteiger partial charge on any atom is 0.410 e. The maximum absolute atomic E-state index is 13.2. The van der Waals surface area contributed by atoms with Crippen LogP contribution in [0.5, 0.6) is 11.5 Å². The van der Waals surface area contributed by atoms with Crippen LogP contribution in [0.15, 0.2) is 41.2 Å². The van der Waals surface area contributed by atoms with E-state index in [1.165, 1.54) is 24.3 Å². The number of imidazole rings is 1. The highest BCUT2D eigenvalue weighted by molar-refractivity contribution is 9.10. The van der Waals surface area contributed by atoms with E-state index in [0.29, 0.717) is 45.0 Å². The van der Waals surface area contributed by atoms with Crippen LogP contribution in [0.1, 0.15) is 38.3 Å². The molecular weight excluding hydrogens is 634 g/mol. The summed E-state index contributed by atoms with van der Waals surface area (Å²) in [6.07, 6.45) is 3.09. The normalized spacial score (nSPS) is 17.4. The zero-order valence-electron chi connectivity index (χ0n) is 24.1. The topological polar surface area (TPSA) is 126 Å². The third kappa shape index (κ3) is 7.08. The van der Waals surface area contributed by atoms with Crippen molar-refractivity contribution < 1.29 is 33.3 Å². The summed E-state index contributed by atoms with van der Waals surface area (Å²) in [4.78, 5) is 35.6. The van der Waals surface area contributed by atoms with Crippen molar-refractivity contribution in [2.24, 2.45) is 0 Å². The molecule has 1 aliphatic rings. The first-order valence-electron chi connectivity index (χ1n) is 13.0. The summed E-state index contributed by atoms with van der Waals surface area (Å²) < 4.78 is 29.5. The molecule has 4 rings (SSSR count). The number of esters is 1. The van der Waals surface area contributed by atoms with Crippen LogP contribution in [0.4, 0.5) is 10.6 Å². The summed E-state index contributed by atoms with van der Waals surface area (Å²) in [6, 6.07) is 4.99. The number of methoxy groups -OCH3 is 3. The third-order valence-electron chi connectivity index (χ3n) is 6.34. The van der Waals surface area contributed by atoms with Gasteiger partial charge in [-0.2, -0.15) is 0 Å². The maximum atomic E-state index is 13.2. The predicted octanol–water partition coefficient (Wildman–Crippen LogP) is 5.18. The summed E-state index contributed by atoms with van der Waals surface area (Å²) in [7, 11) is 4.47. The van der Waals surface area contributed by atoms with Gasteiger partial charge in [-0.1, -0.05) is 17.7 Å². The Hall–Kier alpha value is -3.55. The van der Waals surface area contributed by atoms with Crippen molar-refractivity contribution >= 4 is 50.9 Å². The van der Waals surface area contributed by atoms with Crippen molar-refractivity contribution in [3.05, 3.63) is 57.7 Å². The molecule has 1 N–H and O–H groups in total. The number of nitrogens with one attached hydrogen (secondary N) is 1. The van der Waals surface area contributed by atoms with Gasteiger partial charge in [0.05, 0.1) is 46.7 Å². The summed E-state index contributed by atoms with van der Waals surface area (Å²) in [6.45, 7) is 5.90. The molecule has 1 aromatic carbocycles. The fraction of sp³-hybridized carbons (Fsp3) is 0.429. The Bertz CT molecular complexity index is 1490. The Balaban J connectivity index is 1.65. The predicted molar refractivity (Wildman–Crippen MR) is 159 cm³/mol. The molecule has 3 heterocycles. The summed E-state index contributed by atoms with van der Waals surface area (Å²) in [5, 5.41) is 3.63. The summed E-state index contributed by atoms with van der Waals surface area (Å²) >= 11 is 10.2. The Labute approximate surface area is 257 Å². The Kier molecular flexibility index (Phi) is 9.85. The Morgan fingerprint density at radius 3 is 2.67 bits per heavy atom. The van der Waals surface area contributed by atoms with E-state index in [0.717, 1.165) is 5.56 Å². The van der Waals surface area contributed by atoms with E-state index in [9.17, 15) is 9.59 Å². The highest BCUT2D eigenvalue weighted by atomic mass is 79.9. The fourth-order valence-corrected chi connectivity index (χ4v) is 5.13. The lowest BCUT2D eigenvalue weighted by Gasteiger charge is -2.38. The van der Waals surface area contributed by atoms with Gasteiger partial charge in [-0.3, -0.25) is 9.30 Å². The van der Waals surface area contributed by atoms with Gasteiger partial charge in [-0.05, 0) is 48.8 Å². The number of hydrogen-bond donors (Lipinski definition) is 1. The molecule has 1 saturated heterocycles. The van der Waals surface area contributed by atoms with Crippen LogP contribution in [-0.2, 0) is 25.5 Å². The lowest BCUT2D eigenvalue weighted by Crippen LogP contribution is -2.50. The van der Waals surface area contributed by atoms with Crippen LogP contribution in [0.3, 0.4) is 0 Å². The second-order valence-electron chi connectivity index (χ2n) is 10.3. The van der Waals surface area contributed by atoms with Gasteiger partial charge in [-0.15, -0.1) is 0 Å². The number of halogens is 2. The monoisotopic (exact) mass is 665 g/mol. The highest BCUT2D eigenvalue weighted by Crippen LogP contribution is 2.35. The van der Waals surface area contributed by atoms with Gasteiger partial charge < -0.3 is 29.0 Å². The van der Waals surface area contributed by atoms with Crippen molar-refractivity contribution in [1.82, 2.24) is 19.3 Å². The average molecular weight is 667 g/mol. The van der Waals surface area contributed by atoms with Crippen LogP contribution in [0, 0.1) is 0 Å². The first kappa shape index (κ1) is 31.4. The average Bonchev–Trinajstić information content (AvgIpc) is 3.32. The Morgan fingerprint density at radius 1 is 1.24 bits per heavy atom. The standard InChI is InChI=1S/C28H33BrClN5O7/c1-28(2,3)42-27(37)34-14-20(41-15-17(34)8-10-22(36)40-6)26-33-24(29)23-25(32-13-21(30)35(23)26)31-12-16-7-9-18(38-4)11-19(16)39-5/h7-11,13,17,20H,12,14-15H2,1-6H3,(H,31,32)/b10-8+/t17-,20-/m1/s1. The van der Waals surface area contributed by atoms with Crippen molar-refractivity contribution in [2.45, 2.75) is 45.1 Å². The van der Waals surface area contributed by atoms with Crippen LogP contribution < -0.4 is 14.8 Å². The lowest BCUT2D eigenvalue weighted by atomic mass is 10.1. The molecule has 2 aromatic heterocycles. The van der Waals surface area contributed by atoms with Crippen molar-refractivity contribution in [3.63, 3.8) is 0 Å². The number of hydrogen-bond acceptors (Lipinski definition) is 10. The first-order valence-corrected chi connectivity index (χ1v) is 14.2. The molecule has 2 atom stereocenters. The van der Waals surface area contributed by atoms with Crippen LogP contribution in [-0.4, -0.2) is 77.5 Å². The third-order valence-corrected chi connectivity index (χ3v) is 7.16. The molecule has 42 heavy (non-hydrogen) atoms. The first-order chi connectivity index (χ1) is 19.9. The molecular formula is C28H33BrClN5O7. The van der Waals surface area contributed by atoms with Crippen molar-refractivity contribution in [3.8, 4) is 11.5 Å². The number of ether oxygens (including phenoxy) is 5. The summed E-state index contributed by atoms with van der Waals surface area (Å²) in [5.74, 6) is 1.77. The van der Waals surface area contributed by atoms with Gasteiger partial charge in [0.2, 0.25) is 0 Å². The van der Waals surface area contributed by atoms with E-state index in [2.05, 4.69) is 26.2 Å². The number of carbonyl (C=O) groups excluding carboxylic acids is 2. The van der Waals surface area contributed by atoms with Crippen LogP contribution >= 0.6 is 27.5 Å². The number of amides is 1. The van der Waals surface area contributed by atoms with Gasteiger partial charge in [0.1, 0.15) is 44.3 Å². The zero-order chi connectivity index (χ0) is 30.6. The fourth-order valence-electron chi connectivity index (χ4n) is 4.36. The molecule has 226 valence electrons. The lowest BCUT2D eigenvalue weighted by molar-refractivity contribution is -0.134. The van der Waals surface area contributed by atoms with E-state index < -0.39 is 29.8 Å². The molecule has 14 heteroatoms. The van der Waals surface area contributed by atoms with E-state index in [4.69, 9.17) is 40.3 Å². The van der Waals surface area contributed by atoms with E-state index in [-0.39, 0.29) is 13.2 Å². The number of fused-ring (bicyclic) bond motifs is 1. The van der Waals surface area contributed by atoms with E-state index in [1.807, 2.05) is 12.1 Å². The molecule has 0 radical (unpaired) electrons. The molecule has 12 nitrogen and oxygen atoms in total. The molecule has 3 aromatic rings. The van der Waals surface area contributed by atoms with Crippen molar-refractivity contribution in [1.29, 1.82) is 0 Å². The van der Waals surface area contributed by atoms with Crippen LogP contribution in [0.2, 0.25) is 5.15 Å². The minimum absolute atomic E-state index is 0.0784. The van der Waals surface area contributed by atoms with Gasteiger partial charge in [-0.25, -0.2) is 19.6 Å². The van der Waals surface area contributed by atoms with Gasteiger partial charge in [0.15, 0.2) is 5.82 Å². The quantitative estimate of drug-likeness (QED) is 0.254. The van der Waals surface area contributed by atoms with E-state index >= 15 is 0 Å². The van der Waals surface area contributed by atoms with Crippen molar-refractivity contribution in [2.75, 3.05) is 39.8 Å². The highest BCUT2D eigenvalue weighted by Gasteiger charge is 2.37. The minimum Gasteiger partial charge on any atom is -0.497 e. The number of rotatable bonds is 8. The second-order valence-corrected chi connectivity index (χ2v) is 11.4. The van der Waals surface area contributed by atoms with Gasteiger partial charge >= 0.3 is 12.1 Å². The van der Waals surface area contributed by atoms with Gasteiger partial charge in [0.25, 0.3) is 0 Å². The number of anilines is 1. The second kappa shape index (κ2) is 13.2. The number of aromatic nitrogens is 3. The number of nitrogens with zero attached hydrogens (tertiary/aromatic N) is 4. The minimum atomic E-state index is -0.730. The number of benzene rings is 1. The molecule has 1 amide bonds. The molecule has 0 spiro atoms. The zero-order valence-corrected chi connectivity index (χ0v) is 26.5. The number of carbonyl (C=O) groups is 2. The molecule has 1 aliphatic heterocycles. The van der Waals surface area contributed by atoms with Gasteiger partial charge in [0, 0.05) is 24.3 Å². The largest absolute Gasteiger partial charge is 0.497 e. The van der Waals surface area contributed by atoms with E-state index in [1.54, 1.807) is 51.5 Å². The molecule has 0 unspecified atom stereocenters. The molecule has 0 bridgehead atoms. The number of morpholine rings is 1. The molecule has 1 fully saturated rings. The Morgan fingerprint density at radius 2 is 2.00 bits per heavy atom. The SMILES string of the molecule is COC(=O)/C=C/[C@@H]1CO[C@@H](c2nc(Br)c3c(NCc4ccc(OC)cc4OC)ncc(Cl)n23)CN1C(=O)OC(C)(C)C. The molecule has 0 aliphatic carbocycles. The van der Waals surface area contributed by atoms with Crippen LogP contribution in [0.25, 0.3) is 5.52 Å². The molecule has 0 saturated carbocycles.